The molecule has 0 spiro atoms. The normalized spacial score (nSPS) is 12.9. The van der Waals surface area contributed by atoms with E-state index in [-0.39, 0.29) is 5.54 Å². The average molecular weight is 227 g/mol. The van der Waals surface area contributed by atoms with Gasteiger partial charge in [-0.15, -0.1) is 5.10 Å². The van der Waals surface area contributed by atoms with Gasteiger partial charge in [0.15, 0.2) is 5.96 Å². The largest absolute Gasteiger partial charge is 0.370 e. The highest BCUT2D eigenvalue weighted by atomic mass is 32.1. The van der Waals surface area contributed by atoms with Crippen molar-refractivity contribution < 1.29 is 0 Å². The van der Waals surface area contributed by atoms with E-state index < -0.39 is 0 Å². The Morgan fingerprint density at radius 2 is 2.20 bits per heavy atom. The van der Waals surface area contributed by atoms with Gasteiger partial charge in [-0.1, -0.05) is 4.49 Å². The van der Waals surface area contributed by atoms with Crippen LogP contribution in [0, 0.1) is 6.92 Å². The van der Waals surface area contributed by atoms with Gasteiger partial charge in [-0.3, -0.25) is 0 Å². The summed E-state index contributed by atoms with van der Waals surface area (Å²) < 4.78 is 3.84. The number of guanidine groups is 1. The van der Waals surface area contributed by atoms with Crippen molar-refractivity contribution in [2.75, 3.05) is 0 Å². The van der Waals surface area contributed by atoms with E-state index in [1.807, 2.05) is 27.7 Å². The molecule has 1 aromatic heterocycles. The topological polar surface area (TPSA) is 76.2 Å². The van der Waals surface area contributed by atoms with Crippen LogP contribution in [0.1, 0.15) is 31.3 Å². The Hall–Kier alpha value is -1.17. The molecule has 15 heavy (non-hydrogen) atoms. The van der Waals surface area contributed by atoms with Crippen LogP contribution in [0.2, 0.25) is 0 Å². The van der Waals surface area contributed by atoms with E-state index in [1.165, 1.54) is 11.5 Å². The Bertz CT molecular complexity index is 350. The van der Waals surface area contributed by atoms with E-state index in [0.717, 1.165) is 10.6 Å². The molecule has 0 saturated heterocycles. The van der Waals surface area contributed by atoms with E-state index in [4.69, 9.17) is 5.73 Å². The summed E-state index contributed by atoms with van der Waals surface area (Å²) in [7, 11) is 0. The molecule has 0 bridgehead atoms. The number of rotatable bonds is 2. The Morgan fingerprint density at radius 3 is 2.67 bits per heavy atom. The van der Waals surface area contributed by atoms with Gasteiger partial charge in [0.05, 0.1) is 17.1 Å². The van der Waals surface area contributed by atoms with Gasteiger partial charge >= 0.3 is 0 Å². The Kier molecular flexibility index (Phi) is 3.62. The second-order valence-corrected chi connectivity index (χ2v) is 5.20. The number of nitrogens with two attached hydrogens (primary N) is 1. The Morgan fingerprint density at radius 1 is 1.53 bits per heavy atom. The molecule has 1 rings (SSSR count). The fourth-order valence-electron chi connectivity index (χ4n) is 0.977. The minimum atomic E-state index is -0.0609. The zero-order valence-corrected chi connectivity index (χ0v) is 10.4. The van der Waals surface area contributed by atoms with Crippen molar-refractivity contribution in [1.82, 2.24) is 14.9 Å². The summed E-state index contributed by atoms with van der Waals surface area (Å²) in [6.45, 7) is 8.57. The molecule has 0 aliphatic rings. The van der Waals surface area contributed by atoms with Crippen molar-refractivity contribution in [2.24, 2.45) is 10.7 Å². The van der Waals surface area contributed by atoms with Gasteiger partial charge in [0, 0.05) is 5.54 Å². The van der Waals surface area contributed by atoms with E-state index in [0.29, 0.717) is 12.5 Å². The molecule has 0 atom stereocenters. The lowest BCUT2D eigenvalue weighted by atomic mass is 10.1. The van der Waals surface area contributed by atoms with Crippen molar-refractivity contribution in [3.05, 3.63) is 10.6 Å². The standard InChI is InChI=1S/C9H17N5S/c1-6-7(15-14-13-6)5-11-8(10)12-9(2,3)4/h5H2,1-4H3,(H3,10,11,12). The second-order valence-electron chi connectivity index (χ2n) is 4.36. The van der Waals surface area contributed by atoms with E-state index >= 15 is 0 Å². The molecule has 84 valence electrons. The van der Waals surface area contributed by atoms with Crippen molar-refractivity contribution in [1.29, 1.82) is 0 Å². The highest BCUT2D eigenvalue weighted by Gasteiger charge is 2.10. The summed E-state index contributed by atoms with van der Waals surface area (Å²) in [5.41, 5.74) is 6.59. The number of nitrogens with one attached hydrogen (secondary N) is 1. The molecule has 0 unspecified atom stereocenters. The van der Waals surface area contributed by atoms with Crippen molar-refractivity contribution >= 4 is 17.5 Å². The van der Waals surface area contributed by atoms with Crippen molar-refractivity contribution in [3.63, 3.8) is 0 Å². The highest BCUT2D eigenvalue weighted by molar-refractivity contribution is 7.05. The predicted octanol–water partition coefficient (Wildman–Crippen LogP) is 1.05. The predicted molar refractivity (Wildman–Crippen MR) is 62.9 cm³/mol. The molecule has 5 nitrogen and oxygen atoms in total. The summed E-state index contributed by atoms with van der Waals surface area (Å²) in [6, 6.07) is 0. The third kappa shape index (κ3) is 4.24. The first-order valence-electron chi connectivity index (χ1n) is 4.74. The van der Waals surface area contributed by atoms with Gasteiger partial charge in [-0.25, -0.2) is 4.99 Å². The van der Waals surface area contributed by atoms with Crippen LogP contribution in [0.25, 0.3) is 0 Å². The van der Waals surface area contributed by atoms with Crippen LogP contribution in [0.5, 0.6) is 0 Å². The number of aryl methyl sites for hydroxylation is 1. The fourth-order valence-corrected chi connectivity index (χ4v) is 1.53. The molecule has 0 aromatic carbocycles. The summed E-state index contributed by atoms with van der Waals surface area (Å²) in [5.74, 6) is 0.454. The second kappa shape index (κ2) is 4.57. The first-order chi connectivity index (χ1) is 6.88. The SMILES string of the molecule is Cc1nnsc1CN=C(N)NC(C)(C)C. The van der Waals surface area contributed by atoms with Crippen LogP contribution >= 0.6 is 11.5 Å². The first-order valence-corrected chi connectivity index (χ1v) is 5.52. The maximum absolute atomic E-state index is 5.73. The molecule has 0 amide bonds. The molecule has 3 N–H and O–H groups in total. The van der Waals surface area contributed by atoms with Gasteiger partial charge in [-0.05, 0) is 39.2 Å². The fraction of sp³-hybridized carbons (Fsp3) is 0.667. The molecule has 1 aromatic rings. The third-order valence-corrected chi connectivity index (χ3v) is 2.45. The number of hydrogen-bond acceptors (Lipinski definition) is 4. The summed E-state index contributed by atoms with van der Waals surface area (Å²) in [6.07, 6.45) is 0. The lowest BCUT2D eigenvalue weighted by Crippen LogP contribution is -2.44. The lowest BCUT2D eigenvalue weighted by molar-refractivity contribution is 0.508. The lowest BCUT2D eigenvalue weighted by Gasteiger charge is -2.20. The highest BCUT2D eigenvalue weighted by Crippen LogP contribution is 2.10. The molecule has 6 heteroatoms. The zero-order chi connectivity index (χ0) is 11.5. The van der Waals surface area contributed by atoms with Crippen LogP contribution in [-0.2, 0) is 6.54 Å². The van der Waals surface area contributed by atoms with Crippen LogP contribution in [0.3, 0.4) is 0 Å². The third-order valence-electron chi connectivity index (χ3n) is 1.64. The van der Waals surface area contributed by atoms with Gasteiger partial charge in [-0.2, -0.15) is 0 Å². The van der Waals surface area contributed by atoms with E-state index in [9.17, 15) is 0 Å². The van der Waals surface area contributed by atoms with Crippen LogP contribution in [0.4, 0.5) is 0 Å². The number of nitrogens with zero attached hydrogens (tertiary/aromatic N) is 3. The van der Waals surface area contributed by atoms with Crippen LogP contribution < -0.4 is 11.1 Å². The zero-order valence-electron chi connectivity index (χ0n) is 9.53. The molecular weight excluding hydrogens is 210 g/mol. The molecule has 0 fully saturated rings. The van der Waals surface area contributed by atoms with Gasteiger partial charge < -0.3 is 11.1 Å². The molecule has 1 heterocycles. The summed E-state index contributed by atoms with van der Waals surface area (Å²) in [4.78, 5) is 5.28. The monoisotopic (exact) mass is 227 g/mol. The van der Waals surface area contributed by atoms with Crippen LogP contribution in [-0.4, -0.2) is 21.1 Å². The van der Waals surface area contributed by atoms with Gasteiger partial charge in [0.1, 0.15) is 0 Å². The molecule has 0 aliphatic carbocycles. The van der Waals surface area contributed by atoms with Crippen molar-refractivity contribution in [2.45, 2.75) is 39.8 Å². The number of aliphatic imine (C=N–C) groups is 1. The van der Waals surface area contributed by atoms with Crippen molar-refractivity contribution in [3.8, 4) is 0 Å². The van der Waals surface area contributed by atoms with Gasteiger partial charge in [0.25, 0.3) is 0 Å². The maximum Gasteiger partial charge on any atom is 0.189 e. The number of aromatic nitrogens is 2. The Labute approximate surface area is 94.0 Å². The quantitative estimate of drug-likeness (QED) is 0.585. The smallest absolute Gasteiger partial charge is 0.189 e. The minimum absolute atomic E-state index is 0.0609. The summed E-state index contributed by atoms with van der Waals surface area (Å²) in [5, 5.41) is 7.00. The first kappa shape index (κ1) is 11.9. The average Bonchev–Trinajstić information content (AvgIpc) is 2.44. The van der Waals surface area contributed by atoms with E-state index in [1.54, 1.807) is 0 Å². The van der Waals surface area contributed by atoms with E-state index in [2.05, 4.69) is 19.9 Å². The molecule has 0 aliphatic heterocycles. The minimum Gasteiger partial charge on any atom is -0.370 e. The number of hydrogen-bond donors (Lipinski definition) is 2. The van der Waals surface area contributed by atoms with Gasteiger partial charge in [0.2, 0.25) is 0 Å². The molecule has 0 radical (unpaired) electrons. The summed E-state index contributed by atoms with van der Waals surface area (Å²) >= 11 is 1.36. The maximum atomic E-state index is 5.73. The molecule has 0 saturated carbocycles. The Balaban J connectivity index is 2.55. The van der Waals surface area contributed by atoms with Crippen LogP contribution in [0.15, 0.2) is 4.99 Å². The molecular formula is C9H17N5S.